The number of hydrogen-bond donors (Lipinski definition) is 5. The Bertz CT molecular complexity index is 768. The number of methoxy groups -OCH3 is 1. The van der Waals surface area contributed by atoms with E-state index in [1.54, 1.807) is 0 Å². The molecular formula is C22H36N6O7. The van der Waals surface area contributed by atoms with Crippen molar-refractivity contribution in [3.05, 3.63) is 12.2 Å². The lowest BCUT2D eigenvalue weighted by Crippen LogP contribution is -2.47. The van der Waals surface area contributed by atoms with E-state index in [-0.39, 0.29) is 57.0 Å². The Morgan fingerprint density at radius 2 is 1.51 bits per heavy atom. The Kier molecular flexibility index (Phi) is 14.6. The molecule has 0 radical (unpaired) electrons. The zero-order chi connectivity index (χ0) is 26.1. The Morgan fingerprint density at radius 1 is 0.886 bits per heavy atom. The first kappa shape index (κ1) is 29.7. The van der Waals surface area contributed by atoms with Crippen LogP contribution in [0.1, 0.15) is 38.5 Å². The van der Waals surface area contributed by atoms with Crippen molar-refractivity contribution in [2.45, 2.75) is 44.6 Å². The van der Waals surface area contributed by atoms with Crippen molar-refractivity contribution in [2.75, 3.05) is 46.4 Å². The number of nitrogens with zero attached hydrogens (tertiary/aromatic N) is 1. The highest BCUT2D eigenvalue weighted by atomic mass is 16.5. The summed E-state index contributed by atoms with van der Waals surface area (Å²) < 4.78 is 4.87. The van der Waals surface area contributed by atoms with E-state index in [4.69, 9.17) is 10.5 Å². The number of nitrogens with one attached hydrogen (secondary N) is 4. The van der Waals surface area contributed by atoms with Gasteiger partial charge in [-0.25, -0.2) is 0 Å². The molecule has 1 aliphatic heterocycles. The molecular weight excluding hydrogens is 460 g/mol. The van der Waals surface area contributed by atoms with Gasteiger partial charge in [0.25, 0.3) is 11.8 Å². The Balaban J connectivity index is 2.51. The minimum atomic E-state index is -0.960. The molecule has 1 atom stereocenters. The van der Waals surface area contributed by atoms with Gasteiger partial charge >= 0.3 is 0 Å². The van der Waals surface area contributed by atoms with Gasteiger partial charge in [0.05, 0.1) is 6.61 Å². The second-order valence-corrected chi connectivity index (χ2v) is 7.80. The Hall–Kier alpha value is -3.32. The normalized spacial score (nSPS) is 13.5. The van der Waals surface area contributed by atoms with Crippen LogP contribution in [0.15, 0.2) is 12.2 Å². The van der Waals surface area contributed by atoms with Crippen LogP contribution in [0.5, 0.6) is 0 Å². The summed E-state index contributed by atoms with van der Waals surface area (Å²) in [4.78, 5) is 72.8. The standard InChI is InChI=1S/C22H36N6O7/c1-35-15-13-25-18(30)7-6-16(22(34)26-11-2-4-17(29)24-12-10-23)27-19(31)5-3-14-28-20(32)8-9-21(28)33/h8-9,16H,2-7,10-15,23H2,1H3,(H,24,29)(H,25,30)(H,26,34)(H,27,31)/t16-/m0/s1. The number of hydrogen-bond acceptors (Lipinski definition) is 8. The van der Waals surface area contributed by atoms with E-state index >= 15 is 0 Å². The van der Waals surface area contributed by atoms with Crippen LogP contribution in [0.2, 0.25) is 0 Å². The zero-order valence-corrected chi connectivity index (χ0v) is 20.1. The molecule has 6 amide bonds. The molecule has 6 N–H and O–H groups in total. The van der Waals surface area contributed by atoms with Gasteiger partial charge in [0.1, 0.15) is 6.04 Å². The second-order valence-electron chi connectivity index (χ2n) is 7.80. The summed E-state index contributed by atoms with van der Waals surface area (Å²) in [6.45, 7) is 1.69. The fourth-order valence-corrected chi connectivity index (χ4v) is 3.12. The lowest BCUT2D eigenvalue weighted by atomic mass is 10.1. The third-order valence-electron chi connectivity index (χ3n) is 4.97. The van der Waals surface area contributed by atoms with Crippen LogP contribution >= 0.6 is 0 Å². The van der Waals surface area contributed by atoms with E-state index in [0.29, 0.717) is 32.7 Å². The van der Waals surface area contributed by atoms with E-state index < -0.39 is 29.7 Å². The molecule has 0 saturated carbocycles. The Labute approximate surface area is 204 Å². The first-order chi connectivity index (χ1) is 16.8. The lowest BCUT2D eigenvalue weighted by Gasteiger charge is -2.19. The maximum Gasteiger partial charge on any atom is 0.253 e. The molecule has 13 heteroatoms. The van der Waals surface area contributed by atoms with Crippen molar-refractivity contribution in [1.29, 1.82) is 0 Å². The van der Waals surface area contributed by atoms with Crippen LogP contribution in [0.3, 0.4) is 0 Å². The van der Waals surface area contributed by atoms with Crippen LogP contribution in [-0.2, 0) is 33.5 Å². The number of rotatable bonds is 18. The summed E-state index contributed by atoms with van der Waals surface area (Å²) >= 11 is 0. The van der Waals surface area contributed by atoms with Crippen LogP contribution in [-0.4, -0.2) is 92.8 Å². The van der Waals surface area contributed by atoms with Crippen LogP contribution in [0.4, 0.5) is 0 Å². The molecule has 1 heterocycles. The van der Waals surface area contributed by atoms with Gasteiger partial charge in [0.2, 0.25) is 23.6 Å². The second kappa shape index (κ2) is 17.2. The minimum Gasteiger partial charge on any atom is -0.383 e. The van der Waals surface area contributed by atoms with Crippen molar-refractivity contribution < 1.29 is 33.5 Å². The maximum absolute atomic E-state index is 12.6. The molecule has 0 unspecified atom stereocenters. The number of amides is 6. The highest BCUT2D eigenvalue weighted by molar-refractivity contribution is 6.12. The van der Waals surface area contributed by atoms with Gasteiger partial charge < -0.3 is 31.7 Å². The predicted octanol–water partition coefficient (Wildman–Crippen LogP) is -2.31. The summed E-state index contributed by atoms with van der Waals surface area (Å²) in [6, 6.07) is -0.960. The maximum atomic E-state index is 12.6. The Morgan fingerprint density at radius 3 is 2.17 bits per heavy atom. The fourth-order valence-electron chi connectivity index (χ4n) is 3.12. The van der Waals surface area contributed by atoms with Crippen molar-refractivity contribution in [1.82, 2.24) is 26.2 Å². The largest absolute Gasteiger partial charge is 0.383 e. The van der Waals surface area contributed by atoms with Crippen LogP contribution in [0.25, 0.3) is 0 Å². The molecule has 35 heavy (non-hydrogen) atoms. The van der Waals surface area contributed by atoms with Gasteiger partial charge in [-0.15, -0.1) is 0 Å². The molecule has 196 valence electrons. The number of nitrogens with two attached hydrogens (primary N) is 1. The quantitative estimate of drug-likeness (QED) is 0.103. The molecule has 1 aliphatic rings. The number of carbonyl (C=O) groups excluding carboxylic acids is 6. The lowest BCUT2D eigenvalue weighted by molar-refractivity contribution is -0.137. The average Bonchev–Trinajstić information content (AvgIpc) is 3.15. The van der Waals surface area contributed by atoms with Gasteiger partial charge in [-0.05, 0) is 19.3 Å². The van der Waals surface area contributed by atoms with Crippen LogP contribution < -0.4 is 27.0 Å². The third-order valence-corrected chi connectivity index (χ3v) is 4.97. The number of carbonyl (C=O) groups is 6. The zero-order valence-electron chi connectivity index (χ0n) is 20.1. The van der Waals surface area contributed by atoms with Crippen molar-refractivity contribution >= 4 is 35.4 Å². The SMILES string of the molecule is COCCNC(=O)CC[C@H](NC(=O)CCCN1C(=O)C=CC1=O)C(=O)NCCCC(=O)NCCN. The van der Waals surface area contributed by atoms with Gasteiger partial charge in [-0.1, -0.05) is 0 Å². The number of imide groups is 1. The molecule has 1 rings (SSSR count). The highest BCUT2D eigenvalue weighted by Gasteiger charge is 2.24. The molecule has 13 nitrogen and oxygen atoms in total. The molecule has 0 bridgehead atoms. The molecule has 0 spiro atoms. The van der Waals surface area contributed by atoms with Crippen molar-refractivity contribution in [2.24, 2.45) is 5.73 Å². The average molecular weight is 497 g/mol. The van der Waals surface area contributed by atoms with Gasteiger partial charge in [-0.2, -0.15) is 0 Å². The molecule has 0 aromatic heterocycles. The van der Waals surface area contributed by atoms with E-state index in [0.717, 1.165) is 4.90 Å². The molecule has 0 aromatic carbocycles. The van der Waals surface area contributed by atoms with Gasteiger partial charge in [-0.3, -0.25) is 33.7 Å². The molecule has 0 aliphatic carbocycles. The predicted molar refractivity (Wildman–Crippen MR) is 125 cm³/mol. The molecule has 0 aromatic rings. The van der Waals surface area contributed by atoms with E-state index in [2.05, 4.69) is 21.3 Å². The topological polar surface area (TPSA) is 189 Å². The molecule has 0 fully saturated rings. The molecule has 0 saturated heterocycles. The van der Waals surface area contributed by atoms with E-state index in [9.17, 15) is 28.8 Å². The van der Waals surface area contributed by atoms with Crippen molar-refractivity contribution in [3.63, 3.8) is 0 Å². The first-order valence-electron chi connectivity index (χ1n) is 11.6. The van der Waals surface area contributed by atoms with Gasteiger partial charge in [0.15, 0.2) is 0 Å². The highest BCUT2D eigenvalue weighted by Crippen LogP contribution is 2.06. The monoisotopic (exact) mass is 496 g/mol. The summed E-state index contributed by atoms with van der Waals surface area (Å²) in [6.07, 6.45) is 3.24. The smallest absolute Gasteiger partial charge is 0.253 e. The summed E-state index contributed by atoms with van der Waals surface area (Å²) in [5.41, 5.74) is 5.33. The third kappa shape index (κ3) is 12.6. The van der Waals surface area contributed by atoms with Crippen molar-refractivity contribution in [3.8, 4) is 0 Å². The minimum absolute atomic E-state index is 0.00598. The first-order valence-corrected chi connectivity index (χ1v) is 11.6. The fraction of sp³-hybridized carbons (Fsp3) is 0.636. The van der Waals surface area contributed by atoms with E-state index in [1.807, 2.05) is 0 Å². The van der Waals surface area contributed by atoms with Crippen LogP contribution in [0, 0.1) is 0 Å². The number of ether oxygens (including phenoxy) is 1. The summed E-state index contributed by atoms with van der Waals surface area (Å²) in [5, 5.41) is 10.6. The van der Waals surface area contributed by atoms with E-state index in [1.165, 1.54) is 19.3 Å². The summed E-state index contributed by atoms with van der Waals surface area (Å²) in [7, 11) is 1.51. The summed E-state index contributed by atoms with van der Waals surface area (Å²) in [5.74, 6) is -2.23. The van der Waals surface area contributed by atoms with Gasteiger partial charge in [0, 0.05) is 71.2 Å².